The fourth-order valence-electron chi connectivity index (χ4n) is 1.98. The van der Waals surface area contributed by atoms with Gasteiger partial charge in [0, 0.05) is 13.0 Å². The van der Waals surface area contributed by atoms with Crippen LogP contribution in [0.25, 0.3) is 0 Å². The maximum atomic E-state index is 11.5. The lowest BCUT2D eigenvalue weighted by molar-refractivity contribution is -0.123. The van der Waals surface area contributed by atoms with E-state index in [-0.39, 0.29) is 11.3 Å². The fourth-order valence-corrected chi connectivity index (χ4v) is 1.98. The summed E-state index contributed by atoms with van der Waals surface area (Å²) in [6.07, 6.45) is 2.97. The van der Waals surface area contributed by atoms with Gasteiger partial charge in [-0.15, -0.1) is 0 Å². The third-order valence-electron chi connectivity index (χ3n) is 3.16. The highest BCUT2D eigenvalue weighted by atomic mass is 16.1. The molecule has 1 saturated heterocycles. The SMILES string of the molecule is CCNC(=O)CC1(C)CCN(C)CC1. The van der Waals surface area contributed by atoms with E-state index in [2.05, 4.69) is 24.2 Å². The van der Waals surface area contributed by atoms with Crippen molar-refractivity contribution in [3.05, 3.63) is 0 Å². The smallest absolute Gasteiger partial charge is 0.220 e. The van der Waals surface area contributed by atoms with Crippen molar-refractivity contribution in [2.45, 2.75) is 33.1 Å². The minimum Gasteiger partial charge on any atom is -0.356 e. The predicted molar refractivity (Wildman–Crippen MR) is 58.1 cm³/mol. The van der Waals surface area contributed by atoms with Crippen molar-refractivity contribution in [3.63, 3.8) is 0 Å². The van der Waals surface area contributed by atoms with E-state index in [0.717, 1.165) is 32.5 Å². The number of rotatable bonds is 3. The van der Waals surface area contributed by atoms with E-state index in [9.17, 15) is 4.79 Å². The van der Waals surface area contributed by atoms with E-state index in [1.165, 1.54) is 0 Å². The lowest BCUT2D eigenvalue weighted by atomic mass is 9.77. The van der Waals surface area contributed by atoms with Gasteiger partial charge in [-0.1, -0.05) is 6.92 Å². The molecule has 1 heterocycles. The Labute approximate surface area is 86.9 Å². The molecule has 0 bridgehead atoms. The first-order valence-corrected chi connectivity index (χ1v) is 5.51. The summed E-state index contributed by atoms with van der Waals surface area (Å²) in [5.74, 6) is 0.208. The normalized spacial score (nSPS) is 21.9. The lowest BCUT2D eigenvalue weighted by Gasteiger charge is -2.37. The number of carbonyl (C=O) groups is 1. The second kappa shape index (κ2) is 4.78. The van der Waals surface area contributed by atoms with Crippen molar-refractivity contribution in [1.29, 1.82) is 0 Å². The van der Waals surface area contributed by atoms with E-state index in [1.807, 2.05) is 6.92 Å². The van der Waals surface area contributed by atoms with Crippen LogP contribution in [-0.2, 0) is 4.79 Å². The molecule has 0 spiro atoms. The number of piperidine rings is 1. The van der Waals surface area contributed by atoms with Gasteiger partial charge in [0.05, 0.1) is 0 Å². The van der Waals surface area contributed by atoms with Crippen LogP contribution in [0.2, 0.25) is 0 Å². The highest BCUT2D eigenvalue weighted by Gasteiger charge is 2.30. The molecule has 0 aromatic heterocycles. The Kier molecular flexibility index (Phi) is 3.93. The number of hydrogen-bond acceptors (Lipinski definition) is 2. The average molecular weight is 198 g/mol. The van der Waals surface area contributed by atoms with Crippen molar-refractivity contribution in [1.82, 2.24) is 10.2 Å². The Bertz CT molecular complexity index is 195. The first-order chi connectivity index (χ1) is 6.56. The molecule has 14 heavy (non-hydrogen) atoms. The molecule has 0 aromatic carbocycles. The van der Waals surface area contributed by atoms with Gasteiger partial charge < -0.3 is 10.2 Å². The summed E-state index contributed by atoms with van der Waals surface area (Å²) in [5.41, 5.74) is 0.228. The monoisotopic (exact) mass is 198 g/mol. The van der Waals surface area contributed by atoms with Crippen LogP contribution in [0.5, 0.6) is 0 Å². The highest BCUT2D eigenvalue weighted by Crippen LogP contribution is 2.33. The van der Waals surface area contributed by atoms with Gasteiger partial charge in [-0.2, -0.15) is 0 Å². The molecule has 0 unspecified atom stereocenters. The zero-order valence-electron chi connectivity index (χ0n) is 9.60. The molecule has 0 aromatic rings. The van der Waals surface area contributed by atoms with Crippen LogP contribution in [0, 0.1) is 5.41 Å². The molecule has 1 rings (SSSR count). The van der Waals surface area contributed by atoms with Crippen molar-refractivity contribution in [3.8, 4) is 0 Å². The van der Waals surface area contributed by atoms with Crippen LogP contribution in [0.15, 0.2) is 0 Å². The molecule has 3 heteroatoms. The second-order valence-electron chi connectivity index (χ2n) is 4.74. The Morgan fingerprint density at radius 1 is 1.43 bits per heavy atom. The van der Waals surface area contributed by atoms with Gasteiger partial charge in [-0.25, -0.2) is 0 Å². The molecule has 1 amide bonds. The largest absolute Gasteiger partial charge is 0.356 e. The summed E-state index contributed by atoms with van der Waals surface area (Å²) in [6, 6.07) is 0. The van der Waals surface area contributed by atoms with Gasteiger partial charge in [0.2, 0.25) is 5.91 Å². The zero-order valence-corrected chi connectivity index (χ0v) is 9.60. The number of carbonyl (C=O) groups excluding carboxylic acids is 1. The molecule has 0 saturated carbocycles. The van der Waals surface area contributed by atoms with Gasteiger partial charge in [0.15, 0.2) is 0 Å². The molecule has 3 nitrogen and oxygen atoms in total. The van der Waals surface area contributed by atoms with Crippen LogP contribution >= 0.6 is 0 Å². The number of likely N-dealkylation sites (tertiary alicyclic amines) is 1. The molecule has 82 valence electrons. The summed E-state index contributed by atoms with van der Waals surface area (Å²) in [5, 5.41) is 2.88. The molecule has 1 N–H and O–H groups in total. The van der Waals surface area contributed by atoms with Gasteiger partial charge in [-0.3, -0.25) is 4.79 Å². The third-order valence-corrected chi connectivity index (χ3v) is 3.16. The standard InChI is InChI=1S/C11H22N2O/c1-4-12-10(14)9-11(2)5-7-13(3)8-6-11/h4-9H2,1-3H3,(H,12,14). The van der Waals surface area contributed by atoms with Gasteiger partial charge in [0.25, 0.3) is 0 Å². The quantitative estimate of drug-likeness (QED) is 0.740. The van der Waals surface area contributed by atoms with Crippen LogP contribution < -0.4 is 5.32 Å². The van der Waals surface area contributed by atoms with E-state index in [0.29, 0.717) is 6.42 Å². The van der Waals surface area contributed by atoms with Crippen LogP contribution in [0.1, 0.15) is 33.1 Å². The van der Waals surface area contributed by atoms with Crippen molar-refractivity contribution >= 4 is 5.91 Å². The van der Waals surface area contributed by atoms with Crippen LogP contribution in [-0.4, -0.2) is 37.5 Å². The third kappa shape index (κ3) is 3.29. The van der Waals surface area contributed by atoms with Gasteiger partial charge in [-0.05, 0) is 45.3 Å². The fraction of sp³-hybridized carbons (Fsp3) is 0.909. The van der Waals surface area contributed by atoms with E-state index >= 15 is 0 Å². The predicted octanol–water partition coefficient (Wildman–Crippen LogP) is 1.24. The summed E-state index contributed by atoms with van der Waals surface area (Å²) < 4.78 is 0. The number of hydrogen-bond donors (Lipinski definition) is 1. The van der Waals surface area contributed by atoms with Crippen LogP contribution in [0.3, 0.4) is 0 Å². The maximum absolute atomic E-state index is 11.5. The summed E-state index contributed by atoms with van der Waals surface area (Å²) in [7, 11) is 2.14. The van der Waals surface area contributed by atoms with Gasteiger partial charge >= 0.3 is 0 Å². The first-order valence-electron chi connectivity index (χ1n) is 5.51. The molecule has 1 aliphatic rings. The molecule has 1 fully saturated rings. The summed E-state index contributed by atoms with van der Waals surface area (Å²) >= 11 is 0. The minimum atomic E-state index is 0.208. The molecular formula is C11H22N2O. The Balaban J connectivity index is 2.38. The topological polar surface area (TPSA) is 32.3 Å². The number of nitrogens with one attached hydrogen (secondary N) is 1. The summed E-state index contributed by atoms with van der Waals surface area (Å²) in [4.78, 5) is 13.8. The van der Waals surface area contributed by atoms with Gasteiger partial charge in [0.1, 0.15) is 0 Å². The highest BCUT2D eigenvalue weighted by molar-refractivity contribution is 5.76. The maximum Gasteiger partial charge on any atom is 0.220 e. The summed E-state index contributed by atoms with van der Waals surface area (Å²) in [6.45, 7) is 7.19. The molecule has 0 radical (unpaired) electrons. The Hall–Kier alpha value is -0.570. The lowest BCUT2D eigenvalue weighted by Crippen LogP contribution is -2.39. The Morgan fingerprint density at radius 3 is 2.50 bits per heavy atom. The number of amides is 1. The molecule has 1 aliphatic heterocycles. The number of nitrogens with zero attached hydrogens (tertiary/aromatic N) is 1. The zero-order chi connectivity index (χ0) is 10.6. The van der Waals surface area contributed by atoms with E-state index < -0.39 is 0 Å². The van der Waals surface area contributed by atoms with E-state index in [4.69, 9.17) is 0 Å². The van der Waals surface area contributed by atoms with Crippen molar-refractivity contribution in [2.75, 3.05) is 26.7 Å². The second-order valence-corrected chi connectivity index (χ2v) is 4.74. The Morgan fingerprint density at radius 2 is 2.00 bits per heavy atom. The molecule has 0 aliphatic carbocycles. The molecule has 0 atom stereocenters. The molecular weight excluding hydrogens is 176 g/mol. The first kappa shape index (κ1) is 11.5. The van der Waals surface area contributed by atoms with Crippen molar-refractivity contribution in [2.24, 2.45) is 5.41 Å². The minimum absolute atomic E-state index is 0.208. The van der Waals surface area contributed by atoms with E-state index in [1.54, 1.807) is 0 Å². The van der Waals surface area contributed by atoms with Crippen molar-refractivity contribution < 1.29 is 4.79 Å². The average Bonchev–Trinajstić information content (AvgIpc) is 2.11. The van der Waals surface area contributed by atoms with Crippen LogP contribution in [0.4, 0.5) is 0 Å².